The molecule has 1 saturated carbocycles. The first-order valence-corrected chi connectivity index (χ1v) is 9.73. The van der Waals surface area contributed by atoms with E-state index in [1.54, 1.807) is 4.90 Å². The first-order chi connectivity index (χ1) is 13.5. The van der Waals surface area contributed by atoms with E-state index in [1.807, 2.05) is 6.92 Å². The number of hydrogen-bond donors (Lipinski definition) is 1. The molecular weight excluding hydrogens is 370 g/mol. The highest BCUT2D eigenvalue weighted by Crippen LogP contribution is 2.55. The molecule has 4 rings (SSSR count). The molecule has 2 aliphatic heterocycles. The summed E-state index contributed by atoms with van der Waals surface area (Å²) in [5.41, 5.74) is -0.251. The van der Waals surface area contributed by atoms with Gasteiger partial charge in [0.2, 0.25) is 0 Å². The molecule has 0 aromatic heterocycles. The molecule has 1 aromatic carbocycles. The predicted octanol–water partition coefficient (Wildman–Crippen LogP) is 3.02. The van der Waals surface area contributed by atoms with Gasteiger partial charge in [-0.25, -0.2) is 13.6 Å². The van der Waals surface area contributed by atoms with E-state index in [-0.39, 0.29) is 36.0 Å². The molecule has 1 aliphatic carbocycles. The zero-order chi connectivity index (χ0) is 19.9. The van der Waals surface area contributed by atoms with Crippen LogP contribution in [0.25, 0.3) is 0 Å². The van der Waals surface area contributed by atoms with Gasteiger partial charge in [-0.3, -0.25) is 4.90 Å². The van der Waals surface area contributed by atoms with Gasteiger partial charge in [0.25, 0.3) is 0 Å². The SMILES string of the molecule is CCCNCC1CN(c2cc(F)c(N3CC(N=O)C4(CC4)C3)c(F)c2)C(=O)O1. The number of anilines is 2. The van der Waals surface area contributed by atoms with Crippen LogP contribution in [0, 0.1) is 22.0 Å². The second-order valence-electron chi connectivity index (χ2n) is 7.94. The number of ether oxygens (including phenoxy) is 1. The molecule has 2 heterocycles. The van der Waals surface area contributed by atoms with E-state index >= 15 is 0 Å². The largest absolute Gasteiger partial charge is 0.443 e. The first-order valence-electron chi connectivity index (χ1n) is 9.73. The molecule has 9 heteroatoms. The summed E-state index contributed by atoms with van der Waals surface area (Å²) in [6.07, 6.45) is 1.69. The molecule has 1 N–H and O–H groups in total. The van der Waals surface area contributed by atoms with Crippen LogP contribution in [0.5, 0.6) is 0 Å². The molecule has 1 amide bonds. The highest BCUT2D eigenvalue weighted by Gasteiger charge is 2.56. The Morgan fingerprint density at radius 2 is 2.00 bits per heavy atom. The number of cyclic esters (lactones) is 1. The minimum atomic E-state index is -0.752. The van der Waals surface area contributed by atoms with E-state index in [2.05, 4.69) is 10.5 Å². The first kappa shape index (κ1) is 19.0. The van der Waals surface area contributed by atoms with Gasteiger partial charge in [0.1, 0.15) is 17.8 Å². The second kappa shape index (κ2) is 7.27. The van der Waals surface area contributed by atoms with Crippen molar-refractivity contribution < 1.29 is 18.3 Å². The Hall–Kier alpha value is -2.29. The van der Waals surface area contributed by atoms with E-state index in [0.717, 1.165) is 37.9 Å². The van der Waals surface area contributed by atoms with Gasteiger partial charge in [-0.2, -0.15) is 4.91 Å². The van der Waals surface area contributed by atoms with Gasteiger partial charge in [-0.15, -0.1) is 0 Å². The summed E-state index contributed by atoms with van der Waals surface area (Å²) < 4.78 is 34.9. The van der Waals surface area contributed by atoms with E-state index < -0.39 is 23.8 Å². The minimum absolute atomic E-state index is 0.132. The third kappa shape index (κ3) is 3.32. The summed E-state index contributed by atoms with van der Waals surface area (Å²) in [5, 5.41) is 6.32. The molecule has 7 nitrogen and oxygen atoms in total. The molecule has 3 fully saturated rings. The van der Waals surface area contributed by atoms with Crippen molar-refractivity contribution in [2.24, 2.45) is 10.6 Å². The van der Waals surface area contributed by atoms with Crippen molar-refractivity contribution in [3.8, 4) is 0 Å². The number of nitrogens with one attached hydrogen (secondary N) is 1. The maximum absolute atomic E-state index is 14.8. The number of amides is 1. The minimum Gasteiger partial charge on any atom is -0.443 e. The van der Waals surface area contributed by atoms with Crippen molar-refractivity contribution >= 4 is 17.5 Å². The van der Waals surface area contributed by atoms with Crippen molar-refractivity contribution in [1.29, 1.82) is 0 Å². The third-order valence-corrected chi connectivity index (χ3v) is 5.93. The molecule has 28 heavy (non-hydrogen) atoms. The van der Waals surface area contributed by atoms with E-state index in [9.17, 15) is 18.5 Å². The van der Waals surface area contributed by atoms with Crippen LogP contribution in [0.3, 0.4) is 0 Å². The average molecular weight is 394 g/mol. The van der Waals surface area contributed by atoms with E-state index in [1.165, 1.54) is 4.90 Å². The topological polar surface area (TPSA) is 74.2 Å². The number of carbonyl (C=O) groups excluding carboxylic acids is 1. The summed E-state index contributed by atoms with van der Waals surface area (Å²) in [4.78, 5) is 26.0. The van der Waals surface area contributed by atoms with Gasteiger partial charge in [0.15, 0.2) is 11.6 Å². The molecule has 0 radical (unpaired) electrons. The number of halogens is 2. The molecule has 2 atom stereocenters. The number of rotatable bonds is 7. The van der Waals surface area contributed by atoms with Crippen molar-refractivity contribution in [2.45, 2.75) is 38.3 Å². The van der Waals surface area contributed by atoms with E-state index in [0.29, 0.717) is 13.1 Å². The Kier molecular flexibility index (Phi) is 4.95. The summed E-state index contributed by atoms with van der Waals surface area (Å²) in [7, 11) is 0. The third-order valence-electron chi connectivity index (χ3n) is 5.93. The lowest BCUT2D eigenvalue weighted by molar-refractivity contribution is 0.140. The monoisotopic (exact) mass is 394 g/mol. The van der Waals surface area contributed by atoms with Crippen LogP contribution in [-0.2, 0) is 4.74 Å². The fraction of sp³-hybridized carbons (Fsp3) is 0.632. The van der Waals surface area contributed by atoms with Gasteiger partial charge >= 0.3 is 6.09 Å². The molecule has 1 spiro atoms. The number of carbonyl (C=O) groups is 1. The summed E-state index contributed by atoms with van der Waals surface area (Å²) in [5.74, 6) is -1.50. The summed E-state index contributed by atoms with van der Waals surface area (Å²) in [6, 6.07) is 1.88. The molecule has 2 saturated heterocycles. The van der Waals surface area contributed by atoms with Crippen LogP contribution in [0.1, 0.15) is 26.2 Å². The van der Waals surface area contributed by atoms with Crippen LogP contribution >= 0.6 is 0 Å². The predicted molar refractivity (Wildman–Crippen MR) is 101 cm³/mol. The van der Waals surface area contributed by atoms with Gasteiger partial charge < -0.3 is 15.0 Å². The normalized spacial score (nSPS) is 25.5. The second-order valence-corrected chi connectivity index (χ2v) is 7.94. The highest BCUT2D eigenvalue weighted by molar-refractivity contribution is 5.90. The van der Waals surface area contributed by atoms with Crippen molar-refractivity contribution in [3.05, 3.63) is 28.7 Å². The molecular formula is C19H24F2N4O3. The Morgan fingerprint density at radius 3 is 2.57 bits per heavy atom. The molecule has 1 aromatic rings. The van der Waals surface area contributed by atoms with Crippen LogP contribution in [0.2, 0.25) is 0 Å². The van der Waals surface area contributed by atoms with Gasteiger partial charge in [-0.1, -0.05) is 12.1 Å². The molecule has 2 unspecified atom stereocenters. The smallest absolute Gasteiger partial charge is 0.414 e. The highest BCUT2D eigenvalue weighted by atomic mass is 19.1. The fourth-order valence-electron chi connectivity index (χ4n) is 4.21. The number of hydrogen-bond acceptors (Lipinski definition) is 6. The van der Waals surface area contributed by atoms with Crippen molar-refractivity contribution in [3.63, 3.8) is 0 Å². The maximum atomic E-state index is 14.8. The Balaban J connectivity index is 1.50. The van der Waals surface area contributed by atoms with Crippen LogP contribution < -0.4 is 15.1 Å². The Morgan fingerprint density at radius 1 is 1.29 bits per heavy atom. The zero-order valence-electron chi connectivity index (χ0n) is 15.8. The number of nitrogens with zero attached hydrogens (tertiary/aromatic N) is 3. The standard InChI is InChI=1S/C19H24F2N4O3/c1-2-5-22-8-13-9-25(18(26)28-13)12-6-14(20)17(15(21)7-12)24-10-16(23-27)19(11-24)3-4-19/h6-7,13,16,22H,2-5,8-11H2,1H3. The van der Waals surface area contributed by atoms with Gasteiger partial charge in [-0.05, 0) is 25.8 Å². The van der Waals surface area contributed by atoms with Crippen LogP contribution in [0.15, 0.2) is 17.3 Å². The number of benzene rings is 1. The quantitative estimate of drug-likeness (QED) is 0.568. The lowest BCUT2D eigenvalue weighted by Gasteiger charge is -2.22. The lowest BCUT2D eigenvalue weighted by atomic mass is 10.0. The van der Waals surface area contributed by atoms with Crippen molar-refractivity contribution in [2.75, 3.05) is 42.5 Å². The molecule has 0 bridgehead atoms. The maximum Gasteiger partial charge on any atom is 0.414 e. The van der Waals surface area contributed by atoms with Crippen molar-refractivity contribution in [1.82, 2.24) is 5.32 Å². The van der Waals surface area contributed by atoms with Gasteiger partial charge in [0.05, 0.1) is 12.2 Å². The lowest BCUT2D eigenvalue weighted by Crippen LogP contribution is -2.31. The summed E-state index contributed by atoms with van der Waals surface area (Å²) >= 11 is 0. The Labute approximate surface area is 162 Å². The number of nitroso groups, excluding NO2 is 1. The van der Waals surface area contributed by atoms with Gasteiger partial charge in [0, 0.05) is 37.2 Å². The zero-order valence-corrected chi connectivity index (χ0v) is 15.8. The van der Waals surface area contributed by atoms with E-state index in [4.69, 9.17) is 4.74 Å². The summed E-state index contributed by atoms with van der Waals surface area (Å²) in [6.45, 7) is 4.21. The fourth-order valence-corrected chi connectivity index (χ4v) is 4.21. The molecule has 152 valence electrons. The Bertz CT molecular complexity index is 763. The van der Waals surface area contributed by atoms with Crippen LogP contribution in [0.4, 0.5) is 25.0 Å². The van der Waals surface area contributed by atoms with Crippen LogP contribution in [-0.4, -0.2) is 51.0 Å². The average Bonchev–Trinajstić information content (AvgIpc) is 3.19. The molecule has 3 aliphatic rings.